The van der Waals surface area contributed by atoms with Crippen molar-refractivity contribution in [2.75, 3.05) is 0 Å². The van der Waals surface area contributed by atoms with Crippen LogP contribution in [-0.4, -0.2) is 16.2 Å². The normalized spacial score (nSPS) is 16.1. The first-order valence-electron chi connectivity index (χ1n) is 12.0. The van der Waals surface area contributed by atoms with E-state index in [0.717, 1.165) is 40.9 Å². The van der Waals surface area contributed by atoms with Crippen LogP contribution in [0.25, 0.3) is 22.4 Å². The second-order valence-electron chi connectivity index (χ2n) is 9.50. The summed E-state index contributed by atoms with van der Waals surface area (Å²) >= 11 is 13.0. The summed E-state index contributed by atoms with van der Waals surface area (Å²) < 4.78 is 12.1. The number of ether oxygens (including phenoxy) is 1. The Balaban J connectivity index is 1.34. The van der Waals surface area contributed by atoms with E-state index in [1.165, 1.54) is 0 Å². The van der Waals surface area contributed by atoms with Gasteiger partial charge in [0.2, 0.25) is 0 Å². The van der Waals surface area contributed by atoms with Gasteiger partial charge in [0.15, 0.2) is 0 Å². The van der Waals surface area contributed by atoms with Gasteiger partial charge in [-0.15, -0.1) is 0 Å². The average molecular weight is 520 g/mol. The molecule has 36 heavy (non-hydrogen) atoms. The molecule has 7 heteroatoms. The van der Waals surface area contributed by atoms with Crippen LogP contribution >= 0.6 is 23.2 Å². The summed E-state index contributed by atoms with van der Waals surface area (Å²) in [7, 11) is 0. The standard InChI is InChI=1S/C29H23Cl2NO4/c30-22-8-4-9-23(31)25(22)26-21(27(36-32-26)17-11-12-17)16-35-24-10-2-1-7-20(24)18-5-3-6-19(15-18)29(13-14-29)28(33)34/h1-10,15,17H,11-14,16H2,(H,33,34). The maximum absolute atomic E-state index is 11.9. The Hall–Kier alpha value is -3.28. The van der Waals surface area contributed by atoms with Crippen LogP contribution in [-0.2, 0) is 16.8 Å². The fraction of sp³-hybridized carbons (Fsp3) is 0.241. The zero-order valence-electron chi connectivity index (χ0n) is 19.3. The predicted molar refractivity (Wildman–Crippen MR) is 139 cm³/mol. The van der Waals surface area contributed by atoms with Gasteiger partial charge in [0, 0.05) is 17.0 Å². The maximum Gasteiger partial charge on any atom is 0.314 e. The highest BCUT2D eigenvalue weighted by atomic mass is 35.5. The van der Waals surface area contributed by atoms with Crippen LogP contribution < -0.4 is 4.74 Å². The van der Waals surface area contributed by atoms with Gasteiger partial charge < -0.3 is 14.4 Å². The number of carboxylic acids is 1. The van der Waals surface area contributed by atoms with E-state index < -0.39 is 11.4 Å². The van der Waals surface area contributed by atoms with E-state index >= 15 is 0 Å². The van der Waals surface area contributed by atoms with Crippen LogP contribution in [0.4, 0.5) is 0 Å². The van der Waals surface area contributed by atoms with Crippen LogP contribution in [0.2, 0.25) is 10.0 Å². The average Bonchev–Trinajstić information content (AvgIpc) is 3.81. The van der Waals surface area contributed by atoms with E-state index in [1.54, 1.807) is 18.2 Å². The summed E-state index contributed by atoms with van der Waals surface area (Å²) in [6, 6.07) is 20.9. The summed E-state index contributed by atoms with van der Waals surface area (Å²) in [4.78, 5) is 11.9. The Morgan fingerprint density at radius 2 is 1.75 bits per heavy atom. The smallest absolute Gasteiger partial charge is 0.314 e. The number of carbonyl (C=O) groups is 1. The third kappa shape index (κ3) is 4.06. The van der Waals surface area contributed by atoms with E-state index in [-0.39, 0.29) is 6.61 Å². The van der Waals surface area contributed by atoms with Crippen LogP contribution in [0.5, 0.6) is 5.75 Å². The molecule has 0 atom stereocenters. The molecule has 2 fully saturated rings. The first-order chi connectivity index (χ1) is 17.5. The molecule has 0 amide bonds. The van der Waals surface area contributed by atoms with E-state index in [1.807, 2.05) is 48.5 Å². The molecule has 0 radical (unpaired) electrons. The lowest BCUT2D eigenvalue weighted by atomic mass is 9.92. The molecule has 0 aliphatic heterocycles. The van der Waals surface area contributed by atoms with Gasteiger partial charge in [0.25, 0.3) is 0 Å². The lowest BCUT2D eigenvalue weighted by Crippen LogP contribution is -2.19. The van der Waals surface area contributed by atoms with Gasteiger partial charge in [-0.25, -0.2) is 0 Å². The second-order valence-corrected chi connectivity index (χ2v) is 10.3. The van der Waals surface area contributed by atoms with E-state index in [4.69, 9.17) is 32.5 Å². The summed E-state index contributed by atoms with van der Waals surface area (Å²) in [6.45, 7) is 0.238. The largest absolute Gasteiger partial charge is 0.488 e. The summed E-state index contributed by atoms with van der Waals surface area (Å²) in [6.07, 6.45) is 3.42. The number of hydrogen-bond donors (Lipinski definition) is 1. The molecule has 182 valence electrons. The number of benzene rings is 3. The Labute approximate surface area is 218 Å². The van der Waals surface area contributed by atoms with Crippen molar-refractivity contribution in [1.82, 2.24) is 5.16 Å². The molecule has 0 bridgehead atoms. The van der Waals surface area contributed by atoms with Gasteiger partial charge in [0.1, 0.15) is 23.8 Å². The van der Waals surface area contributed by atoms with Crippen molar-refractivity contribution in [1.29, 1.82) is 0 Å². The number of nitrogens with zero attached hydrogens (tertiary/aromatic N) is 1. The van der Waals surface area contributed by atoms with Crippen LogP contribution in [0, 0.1) is 0 Å². The molecule has 1 heterocycles. The van der Waals surface area contributed by atoms with Gasteiger partial charge in [-0.1, -0.05) is 70.8 Å². The van der Waals surface area contributed by atoms with Crippen molar-refractivity contribution >= 4 is 29.2 Å². The molecule has 1 N–H and O–H groups in total. The van der Waals surface area contributed by atoms with Crippen molar-refractivity contribution in [3.8, 4) is 28.1 Å². The second kappa shape index (κ2) is 8.99. The third-order valence-corrected chi connectivity index (χ3v) is 7.74. The number of para-hydroxylation sites is 1. The molecule has 0 saturated heterocycles. The Kier molecular flexibility index (Phi) is 5.78. The van der Waals surface area contributed by atoms with Crippen molar-refractivity contribution < 1.29 is 19.2 Å². The van der Waals surface area contributed by atoms with Gasteiger partial charge >= 0.3 is 5.97 Å². The van der Waals surface area contributed by atoms with E-state index in [0.29, 0.717) is 45.8 Å². The van der Waals surface area contributed by atoms with Crippen molar-refractivity contribution in [3.05, 3.63) is 93.7 Å². The molecule has 0 spiro atoms. The molecule has 3 aromatic carbocycles. The van der Waals surface area contributed by atoms with E-state index in [9.17, 15) is 9.90 Å². The SMILES string of the molecule is O=C(O)C1(c2cccc(-c3ccccc3OCc3c(-c4c(Cl)cccc4Cl)noc3C3CC3)c2)CC1. The molecule has 2 aliphatic rings. The molecule has 2 saturated carbocycles. The highest BCUT2D eigenvalue weighted by Gasteiger charge is 2.51. The highest BCUT2D eigenvalue weighted by molar-refractivity contribution is 6.39. The van der Waals surface area contributed by atoms with Crippen LogP contribution in [0.1, 0.15) is 48.5 Å². The molecule has 5 nitrogen and oxygen atoms in total. The minimum Gasteiger partial charge on any atom is -0.488 e. The zero-order chi connectivity index (χ0) is 24.9. The van der Waals surface area contributed by atoms with Gasteiger partial charge in [-0.05, 0) is 61.1 Å². The maximum atomic E-state index is 11.9. The summed E-state index contributed by atoms with van der Waals surface area (Å²) in [5.41, 5.74) is 3.95. The monoisotopic (exact) mass is 519 g/mol. The number of rotatable bonds is 8. The first kappa shape index (κ1) is 23.1. The van der Waals surface area contributed by atoms with Crippen molar-refractivity contribution in [3.63, 3.8) is 0 Å². The first-order valence-corrected chi connectivity index (χ1v) is 12.7. The Morgan fingerprint density at radius 3 is 2.44 bits per heavy atom. The minimum atomic E-state index is -0.769. The number of carboxylic acid groups (broad SMARTS) is 1. The van der Waals surface area contributed by atoms with Crippen LogP contribution in [0.15, 0.2) is 71.3 Å². The van der Waals surface area contributed by atoms with Crippen LogP contribution in [0.3, 0.4) is 0 Å². The zero-order valence-corrected chi connectivity index (χ0v) is 20.9. The molecular formula is C29H23Cl2NO4. The molecule has 6 rings (SSSR count). The van der Waals surface area contributed by atoms with Gasteiger partial charge in [-0.2, -0.15) is 0 Å². The third-order valence-electron chi connectivity index (χ3n) is 7.11. The molecule has 0 unspecified atom stereocenters. The number of hydrogen-bond acceptors (Lipinski definition) is 4. The predicted octanol–water partition coefficient (Wildman–Crippen LogP) is 7.89. The number of aromatic nitrogens is 1. The number of aliphatic carboxylic acids is 1. The fourth-order valence-electron chi connectivity index (χ4n) is 4.76. The lowest BCUT2D eigenvalue weighted by Gasteiger charge is -2.15. The van der Waals surface area contributed by atoms with Crippen molar-refractivity contribution in [2.24, 2.45) is 0 Å². The topological polar surface area (TPSA) is 72.6 Å². The Morgan fingerprint density at radius 1 is 1.03 bits per heavy atom. The fourth-order valence-corrected chi connectivity index (χ4v) is 5.34. The summed E-state index contributed by atoms with van der Waals surface area (Å²) in [5, 5.41) is 15.1. The molecular weight excluding hydrogens is 497 g/mol. The van der Waals surface area contributed by atoms with Gasteiger partial charge in [0.05, 0.1) is 21.0 Å². The van der Waals surface area contributed by atoms with Crippen molar-refractivity contribution in [2.45, 2.75) is 43.6 Å². The van der Waals surface area contributed by atoms with Gasteiger partial charge in [-0.3, -0.25) is 4.79 Å². The summed E-state index contributed by atoms with van der Waals surface area (Å²) in [5.74, 6) is 1.06. The minimum absolute atomic E-state index is 0.238. The lowest BCUT2D eigenvalue weighted by molar-refractivity contribution is -0.140. The Bertz CT molecular complexity index is 1450. The van der Waals surface area contributed by atoms with E-state index in [2.05, 4.69) is 5.16 Å². The number of halogens is 2. The quantitative estimate of drug-likeness (QED) is 0.256. The molecule has 4 aromatic rings. The molecule has 1 aromatic heterocycles. The molecule has 2 aliphatic carbocycles. The highest BCUT2D eigenvalue weighted by Crippen LogP contribution is 2.50.